The van der Waals surface area contributed by atoms with Gasteiger partial charge in [-0.05, 0) is 52.7 Å². The highest BCUT2D eigenvalue weighted by atomic mass is 16.2. The van der Waals surface area contributed by atoms with Crippen molar-refractivity contribution in [2.75, 3.05) is 31.1 Å². The highest BCUT2D eigenvalue weighted by molar-refractivity contribution is 5.99. The number of aryl methyl sites for hydroxylation is 1. The summed E-state index contributed by atoms with van der Waals surface area (Å²) in [5.74, 6) is 0.163. The maximum atomic E-state index is 13.6. The van der Waals surface area contributed by atoms with Gasteiger partial charge < -0.3 is 19.7 Å². The van der Waals surface area contributed by atoms with Gasteiger partial charge in [0.2, 0.25) is 5.43 Å². The molecule has 2 fully saturated rings. The molecule has 1 N–H and O–H groups in total. The molecule has 188 valence electrons. The number of pyridine rings is 2. The average Bonchev–Trinajstić information content (AvgIpc) is 2.83. The van der Waals surface area contributed by atoms with E-state index < -0.39 is 16.9 Å². The molecule has 4 rings (SSSR count). The normalized spacial score (nSPS) is 17.4. The van der Waals surface area contributed by atoms with Crippen LogP contribution in [0.1, 0.15) is 85.3 Å². The summed E-state index contributed by atoms with van der Waals surface area (Å²) in [6.07, 6.45) is 8.72. The Labute approximate surface area is 207 Å². The van der Waals surface area contributed by atoms with Crippen LogP contribution < -0.4 is 15.6 Å². The Morgan fingerprint density at radius 2 is 1.63 bits per heavy atom. The summed E-state index contributed by atoms with van der Waals surface area (Å²) < 4.78 is 1.94. The van der Waals surface area contributed by atoms with Crippen LogP contribution in [0, 0.1) is 6.92 Å². The van der Waals surface area contributed by atoms with Gasteiger partial charge in [0, 0.05) is 55.8 Å². The van der Waals surface area contributed by atoms with Gasteiger partial charge in [0.25, 0.3) is 11.8 Å². The standard InChI is InChI=1S/C27H37N5O3/c1-19-9-8-12-23(28-19)30-13-15-31(16-14-30)26(35)22-18-32(20-10-6-5-7-11-20)17-21(24(22)33)25(34)29-27(2,3)4/h8-9,12,17-18,20H,5-7,10-11,13-16H2,1-4H3,(H,29,34). The Morgan fingerprint density at radius 3 is 2.26 bits per heavy atom. The van der Waals surface area contributed by atoms with Crippen LogP contribution in [0.15, 0.2) is 35.4 Å². The van der Waals surface area contributed by atoms with Gasteiger partial charge in [0.05, 0.1) is 0 Å². The van der Waals surface area contributed by atoms with E-state index >= 15 is 0 Å². The van der Waals surface area contributed by atoms with E-state index in [1.54, 1.807) is 17.3 Å². The molecule has 2 aliphatic rings. The lowest BCUT2D eigenvalue weighted by atomic mass is 9.95. The second kappa shape index (κ2) is 10.2. The molecule has 8 nitrogen and oxygen atoms in total. The molecule has 0 radical (unpaired) electrons. The first-order valence-corrected chi connectivity index (χ1v) is 12.7. The number of nitrogens with one attached hydrogen (secondary N) is 1. The summed E-state index contributed by atoms with van der Waals surface area (Å²) >= 11 is 0. The Hall–Kier alpha value is -3.16. The monoisotopic (exact) mass is 479 g/mol. The third-order valence-electron chi connectivity index (χ3n) is 6.77. The summed E-state index contributed by atoms with van der Waals surface area (Å²) in [5.41, 5.74) is 0.0960. The molecule has 0 atom stereocenters. The van der Waals surface area contributed by atoms with Gasteiger partial charge in [-0.1, -0.05) is 25.3 Å². The van der Waals surface area contributed by atoms with Crippen LogP contribution in [0.2, 0.25) is 0 Å². The SMILES string of the molecule is Cc1cccc(N2CCN(C(=O)c3cn(C4CCCCC4)cc(C(=O)NC(C)(C)C)c3=O)CC2)n1. The van der Waals surface area contributed by atoms with E-state index in [-0.39, 0.29) is 23.1 Å². The molecule has 2 aromatic heterocycles. The van der Waals surface area contributed by atoms with E-state index in [9.17, 15) is 14.4 Å². The fourth-order valence-corrected chi connectivity index (χ4v) is 4.92. The summed E-state index contributed by atoms with van der Waals surface area (Å²) in [7, 11) is 0. The van der Waals surface area contributed by atoms with E-state index in [2.05, 4.69) is 15.2 Å². The van der Waals surface area contributed by atoms with Crippen molar-refractivity contribution in [2.45, 2.75) is 71.4 Å². The minimum absolute atomic E-state index is 0.0407. The summed E-state index contributed by atoms with van der Waals surface area (Å²) in [6.45, 7) is 9.87. The Morgan fingerprint density at radius 1 is 0.971 bits per heavy atom. The van der Waals surface area contributed by atoms with Gasteiger partial charge >= 0.3 is 0 Å². The number of amides is 2. The molecule has 3 heterocycles. The van der Waals surface area contributed by atoms with E-state index in [0.29, 0.717) is 26.2 Å². The van der Waals surface area contributed by atoms with E-state index in [1.165, 1.54) is 6.42 Å². The summed E-state index contributed by atoms with van der Waals surface area (Å²) in [5, 5.41) is 2.89. The van der Waals surface area contributed by atoms with Crippen LogP contribution in [-0.4, -0.2) is 58.0 Å². The number of anilines is 1. The van der Waals surface area contributed by atoms with Crippen molar-refractivity contribution in [1.82, 2.24) is 19.8 Å². The molecule has 1 saturated carbocycles. The van der Waals surface area contributed by atoms with Crippen molar-refractivity contribution in [1.29, 1.82) is 0 Å². The second-order valence-electron chi connectivity index (χ2n) is 10.8. The van der Waals surface area contributed by atoms with Gasteiger partial charge in [-0.2, -0.15) is 0 Å². The van der Waals surface area contributed by atoms with Gasteiger partial charge in [-0.25, -0.2) is 4.98 Å². The molecule has 1 saturated heterocycles. The maximum Gasteiger partial charge on any atom is 0.259 e. The number of carbonyl (C=O) groups excluding carboxylic acids is 2. The number of piperazine rings is 1. The predicted molar refractivity (Wildman–Crippen MR) is 137 cm³/mol. The van der Waals surface area contributed by atoms with Crippen molar-refractivity contribution < 1.29 is 9.59 Å². The molecular formula is C27H37N5O3. The number of aromatic nitrogens is 2. The number of hydrogen-bond donors (Lipinski definition) is 1. The van der Waals surface area contributed by atoms with Crippen LogP contribution >= 0.6 is 0 Å². The molecular weight excluding hydrogens is 442 g/mol. The second-order valence-corrected chi connectivity index (χ2v) is 10.8. The predicted octanol–water partition coefficient (Wildman–Crippen LogP) is 3.55. The summed E-state index contributed by atoms with van der Waals surface area (Å²) in [6, 6.07) is 6.12. The zero-order chi connectivity index (χ0) is 25.2. The Balaban J connectivity index is 1.60. The molecule has 0 bridgehead atoms. The molecule has 0 spiro atoms. The lowest BCUT2D eigenvalue weighted by Gasteiger charge is -2.35. The molecule has 35 heavy (non-hydrogen) atoms. The molecule has 0 aromatic carbocycles. The Bertz CT molecular complexity index is 1140. The highest BCUT2D eigenvalue weighted by Gasteiger charge is 2.29. The molecule has 8 heteroatoms. The lowest BCUT2D eigenvalue weighted by Crippen LogP contribution is -2.50. The smallest absolute Gasteiger partial charge is 0.259 e. The molecule has 1 aliphatic heterocycles. The first kappa shape index (κ1) is 24.9. The van der Waals surface area contributed by atoms with Crippen molar-refractivity contribution in [3.63, 3.8) is 0 Å². The van der Waals surface area contributed by atoms with E-state index in [4.69, 9.17) is 0 Å². The zero-order valence-electron chi connectivity index (χ0n) is 21.3. The number of rotatable bonds is 4. The van der Waals surface area contributed by atoms with Gasteiger partial charge in [-0.15, -0.1) is 0 Å². The minimum Gasteiger partial charge on any atom is -0.353 e. The number of hydrogen-bond acceptors (Lipinski definition) is 5. The Kier molecular flexibility index (Phi) is 7.28. The van der Waals surface area contributed by atoms with Crippen molar-refractivity contribution in [2.24, 2.45) is 0 Å². The van der Waals surface area contributed by atoms with Crippen LogP contribution in [-0.2, 0) is 0 Å². The first-order valence-electron chi connectivity index (χ1n) is 12.7. The van der Waals surface area contributed by atoms with Crippen molar-refractivity contribution >= 4 is 17.6 Å². The largest absolute Gasteiger partial charge is 0.353 e. The lowest BCUT2D eigenvalue weighted by molar-refractivity contribution is 0.0744. The zero-order valence-corrected chi connectivity index (χ0v) is 21.3. The molecule has 2 amide bonds. The molecule has 2 aromatic rings. The van der Waals surface area contributed by atoms with Gasteiger partial charge in [0.1, 0.15) is 16.9 Å². The average molecular weight is 480 g/mol. The molecule has 0 unspecified atom stereocenters. The number of nitrogens with zero attached hydrogens (tertiary/aromatic N) is 4. The quantitative estimate of drug-likeness (QED) is 0.725. The fraction of sp³-hybridized carbons (Fsp3) is 0.556. The maximum absolute atomic E-state index is 13.6. The third kappa shape index (κ3) is 5.92. The fourth-order valence-electron chi connectivity index (χ4n) is 4.92. The van der Waals surface area contributed by atoms with Crippen LogP contribution in [0.25, 0.3) is 0 Å². The van der Waals surface area contributed by atoms with Gasteiger partial charge in [0.15, 0.2) is 0 Å². The minimum atomic E-state index is -0.494. The van der Waals surface area contributed by atoms with Crippen LogP contribution in [0.3, 0.4) is 0 Å². The van der Waals surface area contributed by atoms with Crippen molar-refractivity contribution in [3.8, 4) is 0 Å². The van der Waals surface area contributed by atoms with Gasteiger partial charge in [-0.3, -0.25) is 14.4 Å². The number of carbonyl (C=O) groups is 2. The summed E-state index contributed by atoms with van der Waals surface area (Å²) in [4.78, 5) is 48.5. The highest BCUT2D eigenvalue weighted by Crippen LogP contribution is 2.28. The third-order valence-corrected chi connectivity index (χ3v) is 6.77. The van der Waals surface area contributed by atoms with E-state index in [1.807, 2.05) is 50.5 Å². The van der Waals surface area contributed by atoms with Crippen LogP contribution in [0.4, 0.5) is 5.82 Å². The van der Waals surface area contributed by atoms with E-state index in [0.717, 1.165) is 37.2 Å². The van der Waals surface area contributed by atoms with Crippen molar-refractivity contribution in [3.05, 3.63) is 57.6 Å². The first-order chi connectivity index (χ1) is 16.6. The van der Waals surface area contributed by atoms with Crippen LogP contribution in [0.5, 0.6) is 0 Å². The molecule has 1 aliphatic carbocycles. The topological polar surface area (TPSA) is 87.5 Å².